The molecule has 0 saturated heterocycles. The molecule has 0 radical (unpaired) electrons. The molecule has 280 valence electrons. The summed E-state index contributed by atoms with van der Waals surface area (Å²) in [5.74, 6) is 0. The average Bonchev–Trinajstić information content (AvgIpc) is 3.70. The van der Waals surface area contributed by atoms with Crippen molar-refractivity contribution < 1.29 is 4.42 Å². The van der Waals surface area contributed by atoms with E-state index in [4.69, 9.17) is 4.42 Å². The van der Waals surface area contributed by atoms with E-state index in [1.165, 1.54) is 65.3 Å². The normalized spacial score (nSPS) is 11.7. The van der Waals surface area contributed by atoms with E-state index < -0.39 is 0 Å². The van der Waals surface area contributed by atoms with E-state index in [2.05, 4.69) is 223 Å². The average molecular weight is 764 g/mol. The second kappa shape index (κ2) is 13.9. The number of anilines is 3. The fraction of sp³-hybridized carbons (Fsp3) is 0. The summed E-state index contributed by atoms with van der Waals surface area (Å²) in [5.41, 5.74) is 12.3. The van der Waals surface area contributed by atoms with E-state index in [0.29, 0.717) is 0 Å². The standard InChI is InChI=1S/C58H37NO/c1-2-11-40(12-3-1)53-20-10-21-54-55-37-43(28-34-57(55)60-58(53)54)42-27-32-50-44(35-42)23-24-45-36-47(31-33-51(45)50)59(56-22-9-16-39-14-5-7-18-52(39)56)46-29-25-41(26-30-46)49-19-8-15-38-13-4-6-17-48(38)49/h1-37H. The SMILES string of the molecule is c1ccc(-c2cccc3c2oc2ccc(-c4ccc5c(ccc6cc(N(c7ccc(-c8cccc9ccccc89)cc7)c7cccc8ccccc78)ccc65)c4)cc23)cc1. The third-order valence-electron chi connectivity index (χ3n) is 12.2. The molecular weight excluding hydrogens is 727 g/mol. The van der Waals surface area contributed by atoms with Crippen molar-refractivity contribution in [3.05, 3.63) is 224 Å². The number of fused-ring (bicyclic) bond motifs is 8. The minimum Gasteiger partial charge on any atom is -0.455 e. The predicted molar refractivity (Wildman–Crippen MR) is 255 cm³/mol. The topological polar surface area (TPSA) is 16.4 Å². The highest BCUT2D eigenvalue weighted by molar-refractivity contribution is 6.12. The molecule has 1 aromatic heterocycles. The van der Waals surface area contributed by atoms with Crippen LogP contribution in [0.2, 0.25) is 0 Å². The molecule has 0 aliphatic rings. The largest absolute Gasteiger partial charge is 0.455 e. The maximum atomic E-state index is 6.49. The van der Waals surface area contributed by atoms with Gasteiger partial charge in [-0.3, -0.25) is 0 Å². The van der Waals surface area contributed by atoms with E-state index in [9.17, 15) is 0 Å². The molecule has 0 aliphatic carbocycles. The third-order valence-corrected chi connectivity index (χ3v) is 12.2. The molecule has 12 rings (SSSR count). The minimum absolute atomic E-state index is 0.901. The zero-order valence-corrected chi connectivity index (χ0v) is 32.7. The van der Waals surface area contributed by atoms with Crippen LogP contribution in [0.4, 0.5) is 17.1 Å². The zero-order valence-electron chi connectivity index (χ0n) is 32.7. The molecule has 2 heteroatoms. The molecule has 11 aromatic carbocycles. The highest BCUT2D eigenvalue weighted by Gasteiger charge is 2.18. The molecule has 0 atom stereocenters. The van der Waals surface area contributed by atoms with E-state index >= 15 is 0 Å². The van der Waals surface area contributed by atoms with Gasteiger partial charge in [0.05, 0.1) is 5.69 Å². The summed E-state index contributed by atoms with van der Waals surface area (Å²) in [6.07, 6.45) is 0. The summed E-state index contributed by atoms with van der Waals surface area (Å²) in [7, 11) is 0. The van der Waals surface area contributed by atoms with Crippen molar-refractivity contribution in [3.8, 4) is 33.4 Å². The molecule has 0 unspecified atom stereocenters. The summed E-state index contributed by atoms with van der Waals surface area (Å²) >= 11 is 0. The van der Waals surface area contributed by atoms with Crippen LogP contribution in [0, 0.1) is 0 Å². The maximum absolute atomic E-state index is 6.49. The van der Waals surface area contributed by atoms with Gasteiger partial charge in [-0.25, -0.2) is 0 Å². The molecular formula is C58H37NO. The van der Waals surface area contributed by atoms with Crippen LogP contribution in [-0.2, 0) is 0 Å². The maximum Gasteiger partial charge on any atom is 0.143 e. The Bertz CT molecular complexity index is 3590. The Hall–Kier alpha value is -7.94. The zero-order chi connectivity index (χ0) is 39.6. The monoisotopic (exact) mass is 763 g/mol. The van der Waals surface area contributed by atoms with Gasteiger partial charge < -0.3 is 9.32 Å². The van der Waals surface area contributed by atoms with Crippen LogP contribution in [0.1, 0.15) is 0 Å². The van der Waals surface area contributed by atoms with Gasteiger partial charge in [0.2, 0.25) is 0 Å². The Morgan fingerprint density at radius 2 is 0.850 bits per heavy atom. The molecule has 12 aromatic rings. The summed E-state index contributed by atoms with van der Waals surface area (Å²) in [6, 6.07) is 81.3. The van der Waals surface area contributed by atoms with Crippen LogP contribution in [0.5, 0.6) is 0 Å². The highest BCUT2D eigenvalue weighted by atomic mass is 16.3. The minimum atomic E-state index is 0.901. The molecule has 2 nitrogen and oxygen atoms in total. The molecule has 0 saturated carbocycles. The van der Waals surface area contributed by atoms with Gasteiger partial charge in [-0.15, -0.1) is 0 Å². The highest BCUT2D eigenvalue weighted by Crippen LogP contribution is 2.43. The first kappa shape index (κ1) is 34.1. The van der Waals surface area contributed by atoms with Crippen LogP contribution in [-0.4, -0.2) is 0 Å². The van der Waals surface area contributed by atoms with E-state index in [1.807, 2.05) is 6.07 Å². The van der Waals surface area contributed by atoms with Crippen molar-refractivity contribution in [2.45, 2.75) is 0 Å². The summed E-state index contributed by atoms with van der Waals surface area (Å²) in [4.78, 5) is 2.40. The molecule has 0 N–H and O–H groups in total. The summed E-state index contributed by atoms with van der Waals surface area (Å²) in [6.45, 7) is 0. The van der Waals surface area contributed by atoms with E-state index in [0.717, 1.165) is 50.1 Å². The number of nitrogens with zero attached hydrogens (tertiary/aromatic N) is 1. The van der Waals surface area contributed by atoms with E-state index in [1.54, 1.807) is 0 Å². The number of furan rings is 1. The second-order valence-corrected chi connectivity index (χ2v) is 15.7. The molecule has 0 spiro atoms. The van der Waals surface area contributed by atoms with Crippen molar-refractivity contribution in [2.75, 3.05) is 4.90 Å². The van der Waals surface area contributed by atoms with Gasteiger partial charge in [0.1, 0.15) is 11.2 Å². The van der Waals surface area contributed by atoms with Crippen LogP contribution in [0.15, 0.2) is 229 Å². The molecule has 60 heavy (non-hydrogen) atoms. The molecule has 0 aliphatic heterocycles. The smallest absolute Gasteiger partial charge is 0.143 e. The number of hydrogen-bond donors (Lipinski definition) is 0. The molecule has 0 amide bonds. The van der Waals surface area contributed by atoms with Gasteiger partial charge in [-0.2, -0.15) is 0 Å². The fourth-order valence-electron chi connectivity index (χ4n) is 9.30. The molecule has 1 heterocycles. The number of rotatable bonds is 6. The van der Waals surface area contributed by atoms with Gasteiger partial charge in [-0.05, 0) is 114 Å². The van der Waals surface area contributed by atoms with Crippen LogP contribution in [0.3, 0.4) is 0 Å². The Labute approximate surface area is 347 Å². The fourth-order valence-corrected chi connectivity index (χ4v) is 9.30. The van der Waals surface area contributed by atoms with Crippen molar-refractivity contribution in [2.24, 2.45) is 0 Å². The lowest BCUT2D eigenvalue weighted by Gasteiger charge is -2.27. The van der Waals surface area contributed by atoms with Crippen LogP contribution < -0.4 is 4.90 Å². The van der Waals surface area contributed by atoms with Crippen molar-refractivity contribution >= 4 is 82.1 Å². The Balaban J connectivity index is 0.937. The van der Waals surface area contributed by atoms with Gasteiger partial charge in [-0.1, -0.05) is 176 Å². The first-order chi connectivity index (χ1) is 29.7. The van der Waals surface area contributed by atoms with Gasteiger partial charge in [0.25, 0.3) is 0 Å². The predicted octanol–water partition coefficient (Wildman–Crippen LogP) is 16.7. The second-order valence-electron chi connectivity index (χ2n) is 15.7. The lowest BCUT2D eigenvalue weighted by atomic mass is 9.96. The van der Waals surface area contributed by atoms with E-state index in [-0.39, 0.29) is 0 Å². The Kier molecular flexibility index (Phi) is 7.89. The van der Waals surface area contributed by atoms with Gasteiger partial charge >= 0.3 is 0 Å². The van der Waals surface area contributed by atoms with Gasteiger partial charge in [0, 0.05) is 33.1 Å². The van der Waals surface area contributed by atoms with Crippen LogP contribution >= 0.6 is 0 Å². The number of benzene rings is 11. The Morgan fingerprint density at radius 3 is 1.68 bits per heavy atom. The first-order valence-electron chi connectivity index (χ1n) is 20.6. The number of hydrogen-bond acceptors (Lipinski definition) is 2. The lowest BCUT2D eigenvalue weighted by molar-refractivity contribution is 0.670. The summed E-state index contributed by atoms with van der Waals surface area (Å²) in [5, 5.41) is 12.1. The Morgan fingerprint density at radius 1 is 0.283 bits per heavy atom. The molecule has 0 fully saturated rings. The van der Waals surface area contributed by atoms with Crippen molar-refractivity contribution in [1.82, 2.24) is 0 Å². The molecule has 0 bridgehead atoms. The number of para-hydroxylation sites is 1. The van der Waals surface area contributed by atoms with Crippen molar-refractivity contribution in [1.29, 1.82) is 0 Å². The quantitative estimate of drug-likeness (QED) is 0.157. The van der Waals surface area contributed by atoms with Crippen molar-refractivity contribution in [3.63, 3.8) is 0 Å². The third kappa shape index (κ3) is 5.65. The first-order valence-corrected chi connectivity index (χ1v) is 20.6. The lowest BCUT2D eigenvalue weighted by Crippen LogP contribution is -2.10. The van der Waals surface area contributed by atoms with Crippen LogP contribution in [0.25, 0.3) is 98.4 Å². The van der Waals surface area contributed by atoms with Gasteiger partial charge in [0.15, 0.2) is 0 Å². The summed E-state index contributed by atoms with van der Waals surface area (Å²) < 4.78 is 6.49.